The molecule has 0 saturated heterocycles. The fraction of sp³-hybridized carbons (Fsp3) is 0.375. The van der Waals surface area contributed by atoms with E-state index in [1.807, 2.05) is 79.7 Å². The largest absolute Gasteiger partial charge is 0.492 e. The summed E-state index contributed by atoms with van der Waals surface area (Å²) < 4.78 is 5.91. The quantitative estimate of drug-likeness (QED) is 0.397. The van der Waals surface area contributed by atoms with E-state index in [9.17, 15) is 9.59 Å². The smallest absolute Gasteiger partial charge is 0.254 e. The highest BCUT2D eigenvalue weighted by atomic mass is 35.5. The third-order valence-electron chi connectivity index (χ3n) is 7.05. The first-order valence-electron chi connectivity index (χ1n) is 13.8. The van der Waals surface area contributed by atoms with Crippen molar-refractivity contribution in [3.05, 3.63) is 94.5 Å². The minimum Gasteiger partial charge on any atom is -0.492 e. The lowest BCUT2D eigenvalue weighted by molar-refractivity contribution is -0.116. The van der Waals surface area contributed by atoms with Crippen LogP contribution < -0.4 is 9.64 Å². The van der Waals surface area contributed by atoms with Gasteiger partial charge in [-0.1, -0.05) is 54.1 Å². The minimum atomic E-state index is -0.0766. The van der Waals surface area contributed by atoms with Crippen LogP contribution in [0.3, 0.4) is 0 Å². The molecule has 0 aromatic heterocycles. The normalized spacial score (nSPS) is 14.9. The molecular weight excluding hydrogens is 524 g/mol. The van der Waals surface area contributed by atoms with E-state index in [0.717, 1.165) is 37.3 Å². The standard InChI is InChI=1S/C32H39ClN4O3/c1-25(38)37-16-8-15-35(23-26-9-5-4-6-10-26)17-18-36(24-28-13-14-29(33)22-31(28)37)32(39)27-11-7-12-30(21-27)40-20-19-34(2)3/h4-7,9-14,21-22H,8,15-20,23-24H2,1-3H3. The number of hydrogen-bond acceptors (Lipinski definition) is 5. The van der Waals surface area contributed by atoms with Crippen molar-refractivity contribution < 1.29 is 14.3 Å². The molecule has 0 bridgehead atoms. The highest BCUT2D eigenvalue weighted by Crippen LogP contribution is 2.28. The van der Waals surface area contributed by atoms with Crippen LogP contribution in [0.5, 0.6) is 5.75 Å². The molecule has 40 heavy (non-hydrogen) atoms. The molecule has 1 heterocycles. The maximum absolute atomic E-state index is 14.0. The molecule has 0 spiro atoms. The van der Waals surface area contributed by atoms with Crippen LogP contribution in [0.1, 0.15) is 34.8 Å². The molecule has 0 aliphatic carbocycles. The van der Waals surface area contributed by atoms with Gasteiger partial charge >= 0.3 is 0 Å². The zero-order valence-corrected chi connectivity index (χ0v) is 24.4. The Labute approximate surface area is 242 Å². The lowest BCUT2D eigenvalue weighted by atomic mass is 10.1. The van der Waals surface area contributed by atoms with Crippen molar-refractivity contribution in [2.24, 2.45) is 0 Å². The lowest BCUT2D eigenvalue weighted by Gasteiger charge is -2.28. The Bertz CT molecular complexity index is 1280. The van der Waals surface area contributed by atoms with E-state index in [1.54, 1.807) is 11.8 Å². The number of nitrogens with zero attached hydrogens (tertiary/aromatic N) is 4. The maximum Gasteiger partial charge on any atom is 0.254 e. The Morgan fingerprint density at radius 2 is 1.73 bits per heavy atom. The second kappa shape index (κ2) is 14.3. The molecule has 1 aliphatic heterocycles. The van der Waals surface area contributed by atoms with Crippen LogP contribution in [0, 0.1) is 0 Å². The molecule has 0 saturated carbocycles. The third-order valence-corrected chi connectivity index (χ3v) is 7.28. The van der Waals surface area contributed by atoms with E-state index in [1.165, 1.54) is 5.56 Å². The molecule has 8 heteroatoms. The van der Waals surface area contributed by atoms with Crippen molar-refractivity contribution in [2.75, 3.05) is 58.3 Å². The molecule has 4 rings (SSSR count). The monoisotopic (exact) mass is 562 g/mol. The number of carbonyl (C=O) groups excluding carboxylic acids is 2. The average molecular weight is 563 g/mol. The van der Waals surface area contributed by atoms with E-state index in [-0.39, 0.29) is 11.8 Å². The van der Waals surface area contributed by atoms with Crippen LogP contribution in [0.25, 0.3) is 0 Å². The molecule has 0 N–H and O–H groups in total. The number of halogens is 1. The molecule has 7 nitrogen and oxygen atoms in total. The van der Waals surface area contributed by atoms with Crippen LogP contribution in [0.15, 0.2) is 72.8 Å². The molecule has 0 radical (unpaired) electrons. The topological polar surface area (TPSA) is 56.3 Å². The summed E-state index contributed by atoms with van der Waals surface area (Å²) >= 11 is 6.39. The van der Waals surface area contributed by atoms with Crippen LogP contribution in [0.2, 0.25) is 5.02 Å². The van der Waals surface area contributed by atoms with Gasteiger partial charge < -0.3 is 19.4 Å². The van der Waals surface area contributed by atoms with Gasteiger partial charge in [0.1, 0.15) is 12.4 Å². The average Bonchev–Trinajstić information content (AvgIpc) is 2.96. The summed E-state index contributed by atoms with van der Waals surface area (Å²) in [7, 11) is 4.00. The number of benzene rings is 3. The molecule has 3 aromatic carbocycles. The Morgan fingerprint density at radius 1 is 0.925 bits per heavy atom. The fourth-order valence-corrected chi connectivity index (χ4v) is 5.07. The Hall–Kier alpha value is -3.39. The van der Waals surface area contributed by atoms with Gasteiger partial charge in [-0.3, -0.25) is 14.5 Å². The molecule has 0 atom stereocenters. The summed E-state index contributed by atoms with van der Waals surface area (Å²) in [6.07, 6.45) is 0.804. The zero-order chi connectivity index (χ0) is 28.5. The van der Waals surface area contributed by atoms with E-state index >= 15 is 0 Å². The molecule has 2 amide bonds. The first-order chi connectivity index (χ1) is 19.3. The first kappa shape index (κ1) is 29.6. The van der Waals surface area contributed by atoms with Gasteiger partial charge in [-0.05, 0) is 62.0 Å². The summed E-state index contributed by atoms with van der Waals surface area (Å²) in [5.41, 5.74) is 3.44. The van der Waals surface area contributed by atoms with Gasteiger partial charge in [-0.2, -0.15) is 0 Å². The number of ether oxygens (including phenoxy) is 1. The number of amides is 2. The van der Waals surface area contributed by atoms with Crippen LogP contribution in [-0.2, 0) is 17.9 Å². The molecule has 0 fully saturated rings. The molecule has 212 valence electrons. The number of carbonyl (C=O) groups is 2. The van der Waals surface area contributed by atoms with Gasteiger partial charge in [0.2, 0.25) is 5.91 Å². The number of hydrogen-bond donors (Lipinski definition) is 0. The number of fused-ring (bicyclic) bond motifs is 1. The third kappa shape index (κ3) is 8.31. The van der Waals surface area contributed by atoms with Crippen molar-refractivity contribution in [3.8, 4) is 5.75 Å². The summed E-state index contributed by atoms with van der Waals surface area (Å²) in [5.74, 6) is 0.552. The van der Waals surface area contributed by atoms with E-state index in [4.69, 9.17) is 16.3 Å². The van der Waals surface area contributed by atoms with Gasteiger partial charge in [0.25, 0.3) is 5.91 Å². The maximum atomic E-state index is 14.0. The molecular formula is C32H39ClN4O3. The van der Waals surface area contributed by atoms with Crippen LogP contribution >= 0.6 is 11.6 Å². The van der Waals surface area contributed by atoms with Gasteiger partial charge in [0, 0.05) is 63.3 Å². The highest BCUT2D eigenvalue weighted by Gasteiger charge is 2.24. The number of rotatable bonds is 7. The van der Waals surface area contributed by atoms with Crippen molar-refractivity contribution in [2.45, 2.75) is 26.4 Å². The molecule has 3 aromatic rings. The van der Waals surface area contributed by atoms with Gasteiger partial charge in [-0.25, -0.2) is 0 Å². The number of likely N-dealkylation sites (N-methyl/N-ethyl adjacent to an activating group) is 1. The van der Waals surface area contributed by atoms with E-state index in [0.29, 0.717) is 49.1 Å². The predicted octanol–water partition coefficient (Wildman–Crippen LogP) is 5.18. The summed E-state index contributed by atoms with van der Waals surface area (Å²) in [6.45, 7) is 6.67. The molecule has 1 aliphatic rings. The van der Waals surface area contributed by atoms with Crippen molar-refractivity contribution in [1.82, 2.24) is 14.7 Å². The van der Waals surface area contributed by atoms with Crippen LogP contribution in [0.4, 0.5) is 5.69 Å². The lowest BCUT2D eigenvalue weighted by Crippen LogP contribution is -2.38. The minimum absolute atomic E-state index is 0.0437. The van der Waals surface area contributed by atoms with Crippen LogP contribution in [-0.4, -0.2) is 79.9 Å². The van der Waals surface area contributed by atoms with Crippen molar-refractivity contribution in [3.63, 3.8) is 0 Å². The Morgan fingerprint density at radius 3 is 2.48 bits per heavy atom. The summed E-state index contributed by atoms with van der Waals surface area (Å²) in [5, 5.41) is 0.561. The summed E-state index contributed by atoms with van der Waals surface area (Å²) in [6, 6.07) is 23.3. The van der Waals surface area contributed by atoms with Crippen molar-refractivity contribution >= 4 is 29.1 Å². The van der Waals surface area contributed by atoms with Gasteiger partial charge in [0.15, 0.2) is 0 Å². The first-order valence-corrected chi connectivity index (χ1v) is 14.2. The molecule has 0 unspecified atom stereocenters. The highest BCUT2D eigenvalue weighted by molar-refractivity contribution is 6.31. The SMILES string of the molecule is CC(=O)N1CCCN(Cc2ccccc2)CCN(C(=O)c2cccc(OCCN(C)C)c2)Cc2ccc(Cl)cc21. The van der Waals surface area contributed by atoms with Crippen molar-refractivity contribution in [1.29, 1.82) is 0 Å². The van der Waals surface area contributed by atoms with E-state index < -0.39 is 0 Å². The predicted molar refractivity (Wildman–Crippen MR) is 161 cm³/mol. The second-order valence-corrected chi connectivity index (χ2v) is 10.9. The van der Waals surface area contributed by atoms with Gasteiger partial charge in [-0.15, -0.1) is 0 Å². The Balaban J connectivity index is 1.64. The second-order valence-electron chi connectivity index (χ2n) is 10.5. The fourth-order valence-electron chi connectivity index (χ4n) is 4.90. The summed E-state index contributed by atoms with van der Waals surface area (Å²) in [4.78, 5) is 34.8. The van der Waals surface area contributed by atoms with E-state index in [2.05, 4.69) is 21.9 Å². The number of anilines is 1. The van der Waals surface area contributed by atoms with Gasteiger partial charge in [0.05, 0.1) is 5.69 Å². The zero-order valence-electron chi connectivity index (χ0n) is 23.7. The Kier molecular flexibility index (Phi) is 10.6.